The van der Waals surface area contributed by atoms with Crippen LogP contribution in [0.5, 0.6) is 5.75 Å². The van der Waals surface area contributed by atoms with Crippen LogP contribution < -0.4 is 16.0 Å². The predicted octanol–water partition coefficient (Wildman–Crippen LogP) is 1.23. The van der Waals surface area contributed by atoms with Crippen LogP contribution in [0.2, 0.25) is 0 Å². The number of rotatable bonds is 17. The maximum atomic E-state index is 12.8. The summed E-state index contributed by atoms with van der Waals surface area (Å²) in [4.78, 5) is 27.0. The van der Waals surface area contributed by atoms with Crippen molar-refractivity contribution in [3.8, 4) is 16.9 Å². The van der Waals surface area contributed by atoms with E-state index in [1.54, 1.807) is 31.3 Å². The van der Waals surface area contributed by atoms with Gasteiger partial charge in [-0.05, 0) is 23.1 Å². The van der Waals surface area contributed by atoms with Gasteiger partial charge in [-0.2, -0.15) is 5.10 Å². The molecule has 1 aromatic heterocycles. The van der Waals surface area contributed by atoms with Crippen LogP contribution in [0.1, 0.15) is 5.56 Å². The van der Waals surface area contributed by atoms with Crippen LogP contribution >= 0.6 is 0 Å². The molecule has 0 spiro atoms. The fourth-order valence-corrected chi connectivity index (χ4v) is 3.10. The van der Waals surface area contributed by atoms with Gasteiger partial charge in [-0.25, -0.2) is 4.68 Å². The average molecular weight is 505 g/mol. The van der Waals surface area contributed by atoms with E-state index in [1.807, 2.05) is 0 Å². The Kier molecular flexibility index (Phi) is 13.0. The summed E-state index contributed by atoms with van der Waals surface area (Å²) in [5.74, 6) is -0.144. The summed E-state index contributed by atoms with van der Waals surface area (Å²) in [6.45, 7) is 2.74. The van der Waals surface area contributed by atoms with Gasteiger partial charge in [-0.1, -0.05) is 29.4 Å². The number of hydrogen-bond acceptors (Lipinski definition) is 10. The topological polar surface area (TPSA) is 173 Å². The number of aryl methyl sites for hydroxylation is 1. The lowest BCUT2D eigenvalue weighted by atomic mass is 10.0. The van der Waals surface area contributed by atoms with Crippen LogP contribution in [0.4, 0.5) is 0 Å². The van der Waals surface area contributed by atoms with E-state index >= 15 is 0 Å². The number of benzene rings is 1. The molecule has 1 heterocycles. The van der Waals surface area contributed by atoms with E-state index < -0.39 is 12.0 Å². The highest BCUT2D eigenvalue weighted by Crippen LogP contribution is 2.26. The van der Waals surface area contributed by atoms with Crippen LogP contribution in [0, 0.1) is 0 Å². The molecule has 36 heavy (non-hydrogen) atoms. The van der Waals surface area contributed by atoms with Crippen LogP contribution in [-0.2, 0) is 37.2 Å². The number of azide groups is 1. The highest BCUT2D eigenvalue weighted by atomic mass is 16.6. The van der Waals surface area contributed by atoms with E-state index in [9.17, 15) is 9.59 Å². The highest BCUT2D eigenvalue weighted by molar-refractivity contribution is 5.76. The number of ether oxygens (including phenoxy) is 5. The monoisotopic (exact) mass is 504 g/mol. The number of carbonyl (C=O) groups excluding carboxylic acids is 1. The second kappa shape index (κ2) is 16.2. The third kappa shape index (κ3) is 9.64. The molecule has 0 amide bonds. The lowest BCUT2D eigenvalue weighted by Crippen LogP contribution is -2.33. The largest absolute Gasteiger partial charge is 0.489 e. The fourth-order valence-electron chi connectivity index (χ4n) is 3.10. The van der Waals surface area contributed by atoms with Crippen LogP contribution in [0.3, 0.4) is 0 Å². The molecule has 0 aliphatic rings. The van der Waals surface area contributed by atoms with Crippen molar-refractivity contribution >= 4 is 5.97 Å². The smallest absolute Gasteiger partial charge is 0.322 e. The molecule has 0 aliphatic heterocycles. The van der Waals surface area contributed by atoms with Crippen molar-refractivity contribution in [1.29, 1.82) is 0 Å². The SMILES string of the molecule is COC(=O)[C@@H](N)Cc1ccc(-c2c(OCCOCCOCCOCCN=[N+]=[N-])cnn(C)c2=O)cc1. The van der Waals surface area contributed by atoms with E-state index in [0.29, 0.717) is 69.5 Å². The van der Waals surface area contributed by atoms with Gasteiger partial charge in [0, 0.05) is 18.5 Å². The molecule has 0 aliphatic carbocycles. The van der Waals surface area contributed by atoms with Gasteiger partial charge in [-0.15, -0.1) is 0 Å². The Labute approximate surface area is 208 Å². The number of carbonyl (C=O) groups is 1. The number of nitrogens with two attached hydrogens (primary N) is 1. The summed E-state index contributed by atoms with van der Waals surface area (Å²) in [5.41, 5.74) is 15.5. The molecule has 2 N–H and O–H groups in total. The quantitative estimate of drug-likeness (QED) is 0.109. The molecule has 13 nitrogen and oxygen atoms in total. The summed E-state index contributed by atoms with van der Waals surface area (Å²) in [6, 6.07) is 6.39. The van der Waals surface area contributed by atoms with Crippen molar-refractivity contribution in [1.82, 2.24) is 9.78 Å². The van der Waals surface area contributed by atoms with Crippen molar-refractivity contribution in [2.75, 3.05) is 59.9 Å². The Morgan fingerprint density at radius 3 is 2.31 bits per heavy atom. The zero-order chi connectivity index (χ0) is 26.2. The molecule has 13 heteroatoms. The molecule has 2 rings (SSSR count). The van der Waals surface area contributed by atoms with E-state index in [0.717, 1.165) is 5.56 Å². The summed E-state index contributed by atoms with van der Waals surface area (Å²) in [6.07, 6.45) is 1.80. The van der Waals surface area contributed by atoms with Gasteiger partial charge in [0.25, 0.3) is 5.56 Å². The van der Waals surface area contributed by atoms with Gasteiger partial charge in [0.15, 0.2) is 5.75 Å². The molecule has 196 valence electrons. The minimum Gasteiger partial charge on any atom is -0.489 e. The minimum atomic E-state index is -0.761. The Bertz CT molecular complexity index is 1050. The zero-order valence-corrected chi connectivity index (χ0v) is 20.5. The van der Waals surface area contributed by atoms with Crippen LogP contribution in [-0.4, -0.2) is 81.7 Å². The highest BCUT2D eigenvalue weighted by Gasteiger charge is 2.16. The van der Waals surface area contributed by atoms with Gasteiger partial charge in [0.1, 0.15) is 12.6 Å². The Hall–Kier alpha value is -3.48. The molecule has 1 aromatic carbocycles. The lowest BCUT2D eigenvalue weighted by molar-refractivity contribution is -0.142. The first-order valence-corrected chi connectivity index (χ1v) is 11.3. The van der Waals surface area contributed by atoms with Gasteiger partial charge < -0.3 is 29.4 Å². The van der Waals surface area contributed by atoms with Crippen molar-refractivity contribution in [2.24, 2.45) is 17.9 Å². The number of aromatic nitrogens is 2. The van der Waals surface area contributed by atoms with Crippen LogP contribution in [0.15, 0.2) is 40.4 Å². The second-order valence-electron chi connectivity index (χ2n) is 7.48. The van der Waals surface area contributed by atoms with Crippen molar-refractivity contribution in [2.45, 2.75) is 12.5 Å². The molecule has 0 saturated heterocycles. The normalized spacial score (nSPS) is 11.5. The molecule has 2 aromatic rings. The fraction of sp³-hybridized carbons (Fsp3) is 0.522. The molecular weight excluding hydrogens is 472 g/mol. The molecule has 0 radical (unpaired) electrons. The first-order chi connectivity index (χ1) is 17.5. The standard InChI is InChI=1S/C23H32N6O7/c1-29-22(30)21(18-5-3-17(4-6-18)15-19(24)23(31)32-2)20(16-27-29)36-14-13-35-12-11-34-10-9-33-8-7-26-28-25/h3-6,16,19H,7-15,24H2,1-2H3/t19-/m0/s1. The first kappa shape index (κ1) is 28.8. The van der Waals surface area contributed by atoms with Gasteiger partial charge in [0.2, 0.25) is 0 Å². The average Bonchev–Trinajstić information content (AvgIpc) is 2.89. The van der Waals surface area contributed by atoms with E-state index in [1.165, 1.54) is 18.0 Å². The van der Waals surface area contributed by atoms with Crippen LogP contribution in [0.25, 0.3) is 21.6 Å². The molecule has 0 unspecified atom stereocenters. The van der Waals surface area contributed by atoms with E-state index in [2.05, 4.69) is 19.9 Å². The maximum Gasteiger partial charge on any atom is 0.322 e. The van der Waals surface area contributed by atoms with E-state index in [-0.39, 0.29) is 12.2 Å². The molecule has 0 saturated carbocycles. The third-order valence-electron chi connectivity index (χ3n) is 4.93. The first-order valence-electron chi connectivity index (χ1n) is 11.3. The van der Waals surface area contributed by atoms with Gasteiger partial charge in [-0.3, -0.25) is 9.59 Å². The predicted molar refractivity (Wildman–Crippen MR) is 131 cm³/mol. The number of methoxy groups -OCH3 is 1. The Balaban J connectivity index is 1.81. The molecule has 0 fully saturated rings. The maximum absolute atomic E-state index is 12.8. The van der Waals surface area contributed by atoms with Crippen molar-refractivity contribution in [3.63, 3.8) is 0 Å². The third-order valence-corrected chi connectivity index (χ3v) is 4.93. The molecule has 0 bridgehead atoms. The summed E-state index contributed by atoms with van der Waals surface area (Å²) in [7, 11) is 2.86. The van der Waals surface area contributed by atoms with Crippen molar-refractivity contribution < 1.29 is 28.5 Å². The number of esters is 1. The van der Waals surface area contributed by atoms with E-state index in [4.69, 9.17) is 30.2 Å². The summed E-state index contributed by atoms with van der Waals surface area (Å²) in [5, 5.41) is 7.41. The number of nitrogens with zero attached hydrogens (tertiary/aromatic N) is 5. The second-order valence-corrected chi connectivity index (χ2v) is 7.48. The zero-order valence-electron chi connectivity index (χ0n) is 20.5. The minimum absolute atomic E-state index is 0.219. The number of hydrogen-bond donors (Lipinski definition) is 1. The Morgan fingerprint density at radius 1 is 1.08 bits per heavy atom. The van der Waals surface area contributed by atoms with Crippen molar-refractivity contribution in [3.05, 3.63) is 56.8 Å². The Morgan fingerprint density at radius 2 is 1.69 bits per heavy atom. The van der Waals surface area contributed by atoms with Gasteiger partial charge in [0.05, 0.1) is 58.5 Å². The summed E-state index contributed by atoms with van der Waals surface area (Å²) >= 11 is 0. The molecule has 1 atom stereocenters. The lowest BCUT2D eigenvalue weighted by Gasteiger charge is -2.13. The molecular formula is C23H32N6O7. The van der Waals surface area contributed by atoms with Gasteiger partial charge >= 0.3 is 5.97 Å². The summed E-state index contributed by atoms with van der Waals surface area (Å²) < 4.78 is 27.8.